The Morgan fingerprint density at radius 2 is 0.500 bits per heavy atom. The van der Waals surface area contributed by atoms with E-state index in [0.717, 1.165) is 0 Å². The number of Topliss-reactive ketones (excluding diaryl/α,β-unsaturated/α-hetero) is 8. The lowest BCUT2D eigenvalue weighted by Crippen LogP contribution is -2.09. The van der Waals surface area contributed by atoms with E-state index >= 15 is 0 Å². The summed E-state index contributed by atoms with van der Waals surface area (Å²) in [6.45, 7) is 5.31. The second kappa shape index (κ2) is 15.4. The topological polar surface area (TPSA) is 137 Å². The van der Waals surface area contributed by atoms with Crippen LogP contribution in [0.15, 0.2) is 0 Å². The van der Waals surface area contributed by atoms with Gasteiger partial charge in [-0.1, -0.05) is 0 Å². The molecule has 0 bridgehead atoms. The van der Waals surface area contributed by atoms with E-state index in [4.69, 9.17) is 0 Å². The number of rotatable bonds is 14. The summed E-state index contributed by atoms with van der Waals surface area (Å²) < 4.78 is 0. The van der Waals surface area contributed by atoms with Crippen LogP contribution in [0.4, 0.5) is 0 Å². The van der Waals surface area contributed by atoms with Crippen LogP contribution >= 0.6 is 0 Å². The fraction of sp³-hybridized carbons (Fsp3) is 0.600. The number of ketones is 8. The van der Waals surface area contributed by atoms with Gasteiger partial charge in [-0.2, -0.15) is 0 Å². The molecule has 0 aromatic rings. The first-order valence-electron chi connectivity index (χ1n) is 8.88. The fourth-order valence-corrected chi connectivity index (χ4v) is 2.02. The zero-order chi connectivity index (χ0) is 22.3. The molecular formula is C20H28O8. The van der Waals surface area contributed by atoms with Crippen LogP contribution < -0.4 is 0 Å². The molecule has 0 saturated heterocycles. The van der Waals surface area contributed by atoms with Crippen LogP contribution in [0.2, 0.25) is 0 Å². The number of hydrogen-bond donors (Lipinski definition) is 0. The summed E-state index contributed by atoms with van der Waals surface area (Å²) in [4.78, 5) is 86.0. The average Bonchev–Trinajstić information content (AvgIpc) is 2.49. The van der Waals surface area contributed by atoms with Gasteiger partial charge >= 0.3 is 0 Å². The minimum absolute atomic E-state index is 0.0612. The van der Waals surface area contributed by atoms with Gasteiger partial charge in [0, 0.05) is 25.7 Å². The molecule has 0 rings (SSSR count). The number of carbonyl (C=O) groups is 8. The van der Waals surface area contributed by atoms with Gasteiger partial charge in [0.1, 0.15) is 46.3 Å². The summed E-state index contributed by atoms with van der Waals surface area (Å²) in [7, 11) is 0. The van der Waals surface area contributed by atoms with Gasteiger partial charge in [-0.3, -0.25) is 38.4 Å². The Morgan fingerprint density at radius 3 is 0.607 bits per heavy atom. The highest BCUT2D eigenvalue weighted by Crippen LogP contribution is 2.01. The second-order valence-corrected chi connectivity index (χ2v) is 6.67. The van der Waals surface area contributed by atoms with Crippen LogP contribution in [-0.4, -0.2) is 46.3 Å². The summed E-state index contributed by atoms with van der Waals surface area (Å²) in [5.74, 6) is -1.77. The van der Waals surface area contributed by atoms with Crippen LogP contribution in [0.25, 0.3) is 0 Å². The molecule has 8 heteroatoms. The van der Waals surface area contributed by atoms with Gasteiger partial charge in [0.25, 0.3) is 0 Å². The van der Waals surface area contributed by atoms with Crippen molar-refractivity contribution < 1.29 is 38.4 Å². The molecule has 0 fully saturated rings. The Balaban J connectivity index is 0. The van der Waals surface area contributed by atoms with E-state index in [9.17, 15) is 38.4 Å². The van der Waals surface area contributed by atoms with Crippen LogP contribution in [0, 0.1) is 0 Å². The summed E-state index contributed by atoms with van der Waals surface area (Å²) in [5.41, 5.74) is 0. The van der Waals surface area contributed by atoms with E-state index in [-0.39, 0.29) is 97.6 Å². The first-order valence-corrected chi connectivity index (χ1v) is 8.88. The zero-order valence-electron chi connectivity index (χ0n) is 16.9. The molecule has 0 amide bonds. The lowest BCUT2D eigenvalue weighted by molar-refractivity contribution is -0.130. The highest BCUT2D eigenvalue weighted by Gasteiger charge is 2.11. The molecule has 0 radical (unpaired) electrons. The van der Waals surface area contributed by atoms with Gasteiger partial charge in [-0.25, -0.2) is 0 Å². The van der Waals surface area contributed by atoms with Crippen LogP contribution in [-0.2, 0) is 38.4 Å². The van der Waals surface area contributed by atoms with Crippen molar-refractivity contribution >= 4 is 46.3 Å². The van der Waals surface area contributed by atoms with E-state index in [1.165, 1.54) is 27.7 Å². The molecule has 0 aliphatic heterocycles. The Kier molecular flexibility index (Phi) is 15.2. The molecule has 0 heterocycles. The molecule has 0 unspecified atom stereocenters. The monoisotopic (exact) mass is 396 g/mol. The van der Waals surface area contributed by atoms with E-state index in [1.807, 2.05) is 0 Å². The van der Waals surface area contributed by atoms with Gasteiger partial charge in [0.05, 0.1) is 25.7 Å². The summed E-state index contributed by atoms with van der Waals surface area (Å²) >= 11 is 0. The number of hydrogen-bond acceptors (Lipinski definition) is 8. The normalized spacial score (nSPS) is 9.57. The minimum atomic E-state index is -0.241. The Bertz CT molecular complexity index is 531. The van der Waals surface area contributed by atoms with Crippen molar-refractivity contribution in [3.05, 3.63) is 0 Å². The van der Waals surface area contributed by atoms with Crippen molar-refractivity contribution in [1.29, 1.82) is 0 Å². The average molecular weight is 396 g/mol. The van der Waals surface area contributed by atoms with Crippen molar-refractivity contribution in [3.8, 4) is 0 Å². The zero-order valence-corrected chi connectivity index (χ0v) is 16.9. The largest absolute Gasteiger partial charge is 0.300 e. The highest BCUT2D eigenvalue weighted by atomic mass is 16.2. The summed E-state index contributed by atoms with van der Waals surface area (Å²) in [6.07, 6.45) is -0.226. The van der Waals surface area contributed by atoms with E-state index in [2.05, 4.69) is 0 Å². The lowest BCUT2D eigenvalue weighted by Gasteiger charge is -1.97. The van der Waals surface area contributed by atoms with Crippen molar-refractivity contribution in [2.45, 2.75) is 79.1 Å². The maximum atomic E-state index is 11.0. The van der Waals surface area contributed by atoms with Crippen LogP contribution in [0.3, 0.4) is 0 Å². The fourth-order valence-electron chi connectivity index (χ4n) is 2.02. The molecule has 156 valence electrons. The molecule has 8 nitrogen and oxygen atoms in total. The molecule has 0 aromatic carbocycles. The Labute approximate surface area is 164 Å². The van der Waals surface area contributed by atoms with Crippen LogP contribution in [0.5, 0.6) is 0 Å². The van der Waals surface area contributed by atoms with Gasteiger partial charge in [-0.05, 0) is 27.7 Å². The maximum absolute atomic E-state index is 11.0. The third kappa shape index (κ3) is 21.4. The van der Waals surface area contributed by atoms with E-state index in [1.54, 1.807) is 0 Å². The highest BCUT2D eigenvalue weighted by molar-refractivity contribution is 6.02. The van der Waals surface area contributed by atoms with Crippen molar-refractivity contribution in [1.82, 2.24) is 0 Å². The Morgan fingerprint density at radius 1 is 0.357 bits per heavy atom. The molecule has 0 saturated carbocycles. The van der Waals surface area contributed by atoms with E-state index < -0.39 is 0 Å². The molecule has 0 aliphatic rings. The first kappa shape index (κ1) is 27.6. The summed E-state index contributed by atoms with van der Waals surface area (Å²) in [5, 5.41) is 0. The molecule has 28 heavy (non-hydrogen) atoms. The maximum Gasteiger partial charge on any atom is 0.140 e. The second-order valence-electron chi connectivity index (χ2n) is 6.67. The van der Waals surface area contributed by atoms with Crippen LogP contribution in [0.1, 0.15) is 79.1 Å². The predicted molar refractivity (Wildman–Crippen MR) is 99.7 cm³/mol. The van der Waals surface area contributed by atoms with E-state index in [0.29, 0.717) is 0 Å². The molecule has 0 N–H and O–H groups in total. The number of carbonyl (C=O) groups excluding carboxylic acids is 8. The Hall–Kier alpha value is -2.64. The van der Waals surface area contributed by atoms with Gasteiger partial charge in [-0.15, -0.1) is 0 Å². The van der Waals surface area contributed by atoms with Gasteiger partial charge in [0.15, 0.2) is 0 Å². The molecule has 0 aliphatic carbocycles. The molecule has 0 aromatic heterocycles. The third-order valence-corrected chi connectivity index (χ3v) is 3.15. The SMILES string of the molecule is CC(=O)CC(=O)CCC(=O)CC(C)=O.CC(=O)CC(=O)CCC(=O)CC(C)=O. The first-order chi connectivity index (χ1) is 12.8. The standard InChI is InChI=1S/2C10H14O4/c2*1-7(11)5-9(13)3-4-10(14)6-8(2)12/h2*3-6H2,1-2H3. The predicted octanol–water partition coefficient (Wildman–Crippen LogP) is 1.73. The quantitative estimate of drug-likeness (QED) is 0.405. The lowest BCUT2D eigenvalue weighted by atomic mass is 10.1. The third-order valence-electron chi connectivity index (χ3n) is 3.15. The van der Waals surface area contributed by atoms with Gasteiger partial charge in [0.2, 0.25) is 0 Å². The van der Waals surface area contributed by atoms with Crippen molar-refractivity contribution in [2.75, 3.05) is 0 Å². The van der Waals surface area contributed by atoms with Crippen molar-refractivity contribution in [2.24, 2.45) is 0 Å². The molecule has 0 spiro atoms. The summed E-state index contributed by atoms with van der Waals surface area (Å²) in [6, 6.07) is 0. The molecule has 0 atom stereocenters. The molecular weight excluding hydrogens is 368 g/mol. The van der Waals surface area contributed by atoms with Crippen molar-refractivity contribution in [3.63, 3.8) is 0 Å². The van der Waals surface area contributed by atoms with Gasteiger partial charge < -0.3 is 0 Å². The minimum Gasteiger partial charge on any atom is -0.300 e. The smallest absolute Gasteiger partial charge is 0.140 e.